The molecule has 0 atom stereocenters. The highest BCUT2D eigenvalue weighted by atomic mass is 16.5. The summed E-state index contributed by atoms with van der Waals surface area (Å²) in [5.41, 5.74) is 6.75. The fourth-order valence-corrected chi connectivity index (χ4v) is 6.14. The third kappa shape index (κ3) is 8.89. The standard InChI is InChI=1S/C40H41N5O5/c1-27-4-3-5-30(9-6-27)31-12-14-33(15-13-31)39-42-38(43-50-39)32-10-7-29(8-11-32)25-45(26-37(47)48)40(49)34-16-18-35(19-17-34)41-36(46)24-28-20-22-44(2)23-21-28/h3,5-19,28H,4,20-26H2,1-2H3,(H,41,46)(H,47,48). The summed E-state index contributed by atoms with van der Waals surface area (Å²) in [6, 6.07) is 21.8. The molecule has 0 radical (unpaired) electrons. The Morgan fingerprint density at radius 3 is 2.30 bits per heavy atom. The number of nitrogens with one attached hydrogen (secondary N) is 1. The Kier molecular flexibility index (Phi) is 10.8. The second-order valence-electron chi connectivity index (χ2n) is 13.1. The summed E-state index contributed by atoms with van der Waals surface area (Å²) in [5, 5.41) is 16.6. The van der Waals surface area contributed by atoms with Gasteiger partial charge in [-0.15, -0.1) is 0 Å². The maximum absolute atomic E-state index is 13.4. The monoisotopic (exact) mass is 671 g/mol. The average molecular weight is 672 g/mol. The lowest BCUT2D eigenvalue weighted by Crippen LogP contribution is -2.35. The van der Waals surface area contributed by atoms with Crippen molar-refractivity contribution in [3.05, 3.63) is 119 Å². The van der Waals surface area contributed by atoms with Crippen LogP contribution in [-0.4, -0.2) is 69.5 Å². The minimum Gasteiger partial charge on any atom is -0.480 e. The third-order valence-corrected chi connectivity index (χ3v) is 9.10. The lowest BCUT2D eigenvalue weighted by Gasteiger charge is -2.28. The van der Waals surface area contributed by atoms with Crippen LogP contribution in [0.2, 0.25) is 0 Å². The van der Waals surface area contributed by atoms with E-state index in [0.717, 1.165) is 60.2 Å². The van der Waals surface area contributed by atoms with E-state index in [-0.39, 0.29) is 12.5 Å². The Morgan fingerprint density at radius 1 is 0.920 bits per heavy atom. The largest absolute Gasteiger partial charge is 0.480 e. The van der Waals surface area contributed by atoms with Gasteiger partial charge in [-0.3, -0.25) is 14.4 Å². The first-order valence-electron chi connectivity index (χ1n) is 16.9. The zero-order valence-corrected chi connectivity index (χ0v) is 28.3. The number of carbonyl (C=O) groups is 3. The number of aliphatic carboxylic acids is 1. The fraction of sp³-hybridized carbons (Fsp3) is 0.275. The molecule has 3 aromatic carbocycles. The quantitative estimate of drug-likeness (QED) is 0.173. The molecule has 1 saturated heterocycles. The third-order valence-electron chi connectivity index (χ3n) is 9.10. The van der Waals surface area contributed by atoms with E-state index in [2.05, 4.69) is 58.6 Å². The lowest BCUT2D eigenvalue weighted by atomic mass is 9.93. The highest BCUT2D eigenvalue weighted by Crippen LogP contribution is 2.27. The molecule has 50 heavy (non-hydrogen) atoms. The summed E-state index contributed by atoms with van der Waals surface area (Å²) in [4.78, 5) is 45.8. The first kappa shape index (κ1) is 34.3. The molecule has 1 aromatic heterocycles. The van der Waals surface area contributed by atoms with Crippen molar-refractivity contribution in [2.45, 2.75) is 39.2 Å². The Balaban J connectivity index is 1.07. The number of anilines is 1. The van der Waals surface area contributed by atoms with Gasteiger partial charge in [-0.1, -0.05) is 71.4 Å². The van der Waals surface area contributed by atoms with Crippen molar-refractivity contribution in [2.24, 2.45) is 5.92 Å². The highest BCUT2D eigenvalue weighted by molar-refractivity contribution is 5.97. The van der Waals surface area contributed by atoms with Crippen LogP contribution >= 0.6 is 0 Å². The van der Waals surface area contributed by atoms with E-state index < -0.39 is 18.4 Å². The number of carboxylic acid groups (broad SMARTS) is 1. The van der Waals surface area contributed by atoms with Gasteiger partial charge in [-0.25, -0.2) is 0 Å². The number of benzene rings is 3. The summed E-state index contributed by atoms with van der Waals surface area (Å²) in [6.07, 6.45) is 12.0. The van der Waals surface area contributed by atoms with Gasteiger partial charge in [0.25, 0.3) is 11.8 Å². The number of hydrogen-bond acceptors (Lipinski definition) is 7. The van der Waals surface area contributed by atoms with Gasteiger partial charge in [0.05, 0.1) is 0 Å². The van der Waals surface area contributed by atoms with Crippen LogP contribution in [-0.2, 0) is 16.1 Å². The molecule has 2 amide bonds. The van der Waals surface area contributed by atoms with E-state index in [1.54, 1.807) is 24.3 Å². The molecule has 1 fully saturated rings. The Labute approximate surface area is 291 Å². The number of allylic oxidation sites excluding steroid dienone is 6. The SMILES string of the molecule is CC1=CC=C(c2ccc(-c3nc(-c4ccc(CN(CC(=O)O)C(=O)c5ccc(NC(=O)CC6CCN(C)CC6)cc5)cc4)no3)cc2)C=CC1. The van der Waals surface area contributed by atoms with Crippen molar-refractivity contribution in [3.63, 3.8) is 0 Å². The van der Waals surface area contributed by atoms with Crippen LogP contribution in [0.1, 0.15) is 54.1 Å². The van der Waals surface area contributed by atoms with Gasteiger partial charge in [-0.05, 0) is 105 Å². The van der Waals surface area contributed by atoms with Crippen LogP contribution in [0.5, 0.6) is 0 Å². The minimum atomic E-state index is -1.12. The first-order chi connectivity index (χ1) is 24.2. The van der Waals surface area contributed by atoms with E-state index in [9.17, 15) is 19.5 Å². The molecule has 0 saturated carbocycles. The molecule has 256 valence electrons. The molecule has 1 aliphatic carbocycles. The van der Waals surface area contributed by atoms with Gasteiger partial charge < -0.3 is 24.7 Å². The predicted molar refractivity (Wildman–Crippen MR) is 193 cm³/mol. The van der Waals surface area contributed by atoms with Crippen LogP contribution < -0.4 is 5.32 Å². The number of hydrogen-bond donors (Lipinski definition) is 2. The second kappa shape index (κ2) is 15.7. The fourth-order valence-electron chi connectivity index (χ4n) is 6.14. The first-order valence-corrected chi connectivity index (χ1v) is 16.9. The van der Waals surface area contributed by atoms with Crippen LogP contribution in [0, 0.1) is 5.92 Å². The summed E-state index contributed by atoms with van der Waals surface area (Å²) < 4.78 is 5.57. The van der Waals surface area contributed by atoms with Crippen molar-refractivity contribution >= 4 is 29.0 Å². The summed E-state index contributed by atoms with van der Waals surface area (Å²) in [5.74, 6) is -0.398. The van der Waals surface area contributed by atoms with Crippen molar-refractivity contribution in [2.75, 3.05) is 32.0 Å². The maximum atomic E-state index is 13.4. The van der Waals surface area contributed by atoms with Crippen molar-refractivity contribution in [1.29, 1.82) is 0 Å². The molecule has 0 bridgehead atoms. The number of amides is 2. The number of piperidine rings is 1. The van der Waals surface area contributed by atoms with Gasteiger partial charge in [0.2, 0.25) is 11.7 Å². The summed E-state index contributed by atoms with van der Waals surface area (Å²) in [6.45, 7) is 3.73. The molecular weight excluding hydrogens is 630 g/mol. The number of aromatic nitrogens is 2. The maximum Gasteiger partial charge on any atom is 0.323 e. The normalized spacial score (nSPS) is 15.2. The minimum absolute atomic E-state index is 0.0468. The molecule has 4 aromatic rings. The molecule has 1 aliphatic heterocycles. The zero-order chi connectivity index (χ0) is 35.0. The highest BCUT2D eigenvalue weighted by Gasteiger charge is 2.21. The van der Waals surface area contributed by atoms with Crippen molar-refractivity contribution in [1.82, 2.24) is 19.9 Å². The van der Waals surface area contributed by atoms with E-state index >= 15 is 0 Å². The van der Waals surface area contributed by atoms with Crippen LogP contribution in [0.4, 0.5) is 5.69 Å². The van der Waals surface area contributed by atoms with Crippen LogP contribution in [0.15, 0.2) is 107 Å². The number of carboxylic acids is 1. The van der Waals surface area contributed by atoms with E-state index in [4.69, 9.17) is 4.52 Å². The molecule has 2 N–H and O–H groups in total. The summed E-state index contributed by atoms with van der Waals surface area (Å²) >= 11 is 0. The predicted octanol–water partition coefficient (Wildman–Crippen LogP) is 7.09. The van der Waals surface area contributed by atoms with Gasteiger partial charge in [0.15, 0.2) is 0 Å². The molecule has 6 rings (SSSR count). The Bertz CT molecular complexity index is 1920. The smallest absolute Gasteiger partial charge is 0.323 e. The van der Waals surface area contributed by atoms with Gasteiger partial charge in [-0.2, -0.15) is 4.98 Å². The van der Waals surface area contributed by atoms with E-state index in [0.29, 0.717) is 35.3 Å². The molecule has 10 nitrogen and oxygen atoms in total. The Morgan fingerprint density at radius 2 is 1.60 bits per heavy atom. The Hall–Kier alpha value is -5.61. The van der Waals surface area contributed by atoms with Crippen LogP contribution in [0.3, 0.4) is 0 Å². The average Bonchev–Trinajstić information content (AvgIpc) is 3.51. The molecular formula is C40H41N5O5. The number of rotatable bonds is 11. The van der Waals surface area contributed by atoms with Crippen LogP contribution in [0.25, 0.3) is 28.4 Å². The number of carbonyl (C=O) groups excluding carboxylic acids is 2. The van der Waals surface area contributed by atoms with Crippen molar-refractivity contribution in [3.8, 4) is 22.8 Å². The lowest BCUT2D eigenvalue weighted by molar-refractivity contribution is -0.137. The molecule has 0 unspecified atom stereocenters. The second-order valence-corrected chi connectivity index (χ2v) is 13.1. The number of likely N-dealkylation sites (tertiary alicyclic amines) is 1. The number of nitrogens with zero attached hydrogens (tertiary/aromatic N) is 4. The molecule has 2 heterocycles. The summed E-state index contributed by atoms with van der Waals surface area (Å²) in [7, 11) is 2.09. The topological polar surface area (TPSA) is 129 Å². The molecule has 10 heteroatoms. The van der Waals surface area contributed by atoms with Crippen molar-refractivity contribution < 1.29 is 24.0 Å². The zero-order valence-electron chi connectivity index (χ0n) is 28.3. The van der Waals surface area contributed by atoms with Gasteiger partial charge >= 0.3 is 5.97 Å². The van der Waals surface area contributed by atoms with E-state index in [1.165, 1.54) is 10.5 Å². The molecule has 2 aliphatic rings. The van der Waals surface area contributed by atoms with Gasteiger partial charge in [0.1, 0.15) is 6.54 Å². The van der Waals surface area contributed by atoms with Gasteiger partial charge in [0, 0.05) is 35.3 Å². The van der Waals surface area contributed by atoms with E-state index in [1.807, 2.05) is 48.5 Å². The molecule has 0 spiro atoms.